The summed E-state index contributed by atoms with van der Waals surface area (Å²) >= 11 is 0. The second-order valence-corrected chi connectivity index (χ2v) is 5.23. The van der Waals surface area contributed by atoms with Crippen LogP contribution in [0, 0.1) is 0 Å². The minimum atomic E-state index is -0.137. The first-order valence-electron chi connectivity index (χ1n) is 7.66. The number of nitrogens with zero attached hydrogens (tertiary/aromatic N) is 1. The van der Waals surface area contributed by atoms with Gasteiger partial charge in [-0.05, 0) is 30.7 Å². The zero-order chi connectivity index (χ0) is 16.8. The Labute approximate surface area is 139 Å². The zero-order valence-electron chi connectivity index (χ0n) is 13.4. The van der Waals surface area contributed by atoms with Gasteiger partial charge < -0.3 is 24.8 Å². The Morgan fingerprint density at radius 1 is 1.25 bits per heavy atom. The number of pyridine rings is 1. The molecular weight excluding hydrogens is 310 g/mol. The fourth-order valence-electron chi connectivity index (χ4n) is 2.28. The highest BCUT2D eigenvalue weighted by molar-refractivity contribution is 5.94. The van der Waals surface area contributed by atoms with Crippen LogP contribution in [0.4, 0.5) is 11.5 Å². The van der Waals surface area contributed by atoms with Crippen molar-refractivity contribution >= 4 is 17.4 Å². The number of ether oxygens (including phenoxy) is 3. The lowest BCUT2D eigenvalue weighted by Gasteiger charge is -2.09. The van der Waals surface area contributed by atoms with Crippen LogP contribution in [0.5, 0.6) is 11.5 Å². The van der Waals surface area contributed by atoms with Crippen LogP contribution in [0.3, 0.4) is 0 Å². The number of hydrogen-bond acceptors (Lipinski definition) is 6. The van der Waals surface area contributed by atoms with Crippen LogP contribution in [0.25, 0.3) is 0 Å². The van der Waals surface area contributed by atoms with Gasteiger partial charge in [-0.1, -0.05) is 0 Å². The third-order valence-corrected chi connectivity index (χ3v) is 3.48. The summed E-state index contributed by atoms with van der Waals surface area (Å²) in [5.41, 5.74) is 1.36. The number of hydrogen-bond donors (Lipinski definition) is 2. The minimum absolute atomic E-state index is 0.137. The number of aromatic nitrogens is 1. The third kappa shape index (κ3) is 3.94. The highest BCUT2D eigenvalue weighted by Crippen LogP contribution is 2.34. The van der Waals surface area contributed by atoms with E-state index in [0.717, 1.165) is 17.9 Å². The third-order valence-electron chi connectivity index (χ3n) is 3.48. The molecule has 7 nitrogen and oxygen atoms in total. The molecule has 2 N–H and O–H groups in total. The maximum Gasteiger partial charge on any atom is 0.251 e. The number of anilines is 2. The van der Waals surface area contributed by atoms with E-state index in [1.165, 1.54) is 0 Å². The average molecular weight is 329 g/mol. The minimum Gasteiger partial charge on any atom is -0.454 e. The zero-order valence-corrected chi connectivity index (χ0v) is 13.4. The van der Waals surface area contributed by atoms with Crippen molar-refractivity contribution in [2.24, 2.45) is 0 Å². The van der Waals surface area contributed by atoms with Crippen molar-refractivity contribution < 1.29 is 19.0 Å². The molecule has 24 heavy (non-hydrogen) atoms. The standard InChI is InChI=1S/C17H19N3O4/c1-22-8-2-6-19-17(21)12-5-7-18-16(9-12)20-13-3-4-14-15(10-13)24-11-23-14/h3-5,7,9-10H,2,6,8,11H2,1H3,(H,18,20)(H,19,21). The van der Waals surface area contributed by atoms with E-state index in [-0.39, 0.29) is 12.7 Å². The molecule has 1 aromatic heterocycles. The Kier molecular flexibility index (Phi) is 5.12. The van der Waals surface area contributed by atoms with Crippen LogP contribution in [0.1, 0.15) is 16.8 Å². The van der Waals surface area contributed by atoms with E-state index in [9.17, 15) is 4.79 Å². The van der Waals surface area contributed by atoms with Crippen molar-refractivity contribution in [1.29, 1.82) is 0 Å². The summed E-state index contributed by atoms with van der Waals surface area (Å²) in [4.78, 5) is 16.4. The van der Waals surface area contributed by atoms with E-state index >= 15 is 0 Å². The number of carbonyl (C=O) groups is 1. The maximum atomic E-state index is 12.1. The Morgan fingerprint density at radius 2 is 2.12 bits per heavy atom. The first kappa shape index (κ1) is 16.1. The van der Waals surface area contributed by atoms with Crippen molar-refractivity contribution in [1.82, 2.24) is 10.3 Å². The summed E-state index contributed by atoms with van der Waals surface area (Å²) < 4.78 is 15.6. The summed E-state index contributed by atoms with van der Waals surface area (Å²) in [5.74, 6) is 1.85. The summed E-state index contributed by atoms with van der Waals surface area (Å²) in [6.07, 6.45) is 2.37. The Bertz CT molecular complexity index is 721. The molecule has 0 saturated heterocycles. The molecule has 3 rings (SSSR count). The van der Waals surface area contributed by atoms with E-state index in [0.29, 0.717) is 30.3 Å². The summed E-state index contributed by atoms with van der Waals surface area (Å²) in [7, 11) is 1.64. The number of rotatable bonds is 7. The molecule has 1 aliphatic rings. The van der Waals surface area contributed by atoms with Gasteiger partial charge in [-0.3, -0.25) is 4.79 Å². The summed E-state index contributed by atoms with van der Waals surface area (Å²) in [6.45, 7) is 1.42. The van der Waals surface area contributed by atoms with Gasteiger partial charge in [0.25, 0.3) is 5.91 Å². The van der Waals surface area contributed by atoms with Gasteiger partial charge in [-0.15, -0.1) is 0 Å². The monoisotopic (exact) mass is 329 g/mol. The summed E-state index contributed by atoms with van der Waals surface area (Å²) in [6, 6.07) is 8.91. The molecule has 0 bridgehead atoms. The molecule has 2 aromatic rings. The van der Waals surface area contributed by atoms with Crippen molar-refractivity contribution in [3.05, 3.63) is 42.1 Å². The Morgan fingerprint density at radius 3 is 3.00 bits per heavy atom. The highest BCUT2D eigenvalue weighted by atomic mass is 16.7. The number of nitrogens with one attached hydrogen (secondary N) is 2. The van der Waals surface area contributed by atoms with Crippen LogP contribution in [0.2, 0.25) is 0 Å². The molecule has 0 saturated carbocycles. The normalized spacial score (nSPS) is 12.0. The summed E-state index contributed by atoms with van der Waals surface area (Å²) in [5, 5.41) is 6.01. The topological polar surface area (TPSA) is 81.7 Å². The van der Waals surface area contributed by atoms with E-state index in [2.05, 4.69) is 15.6 Å². The smallest absolute Gasteiger partial charge is 0.251 e. The lowest BCUT2D eigenvalue weighted by Crippen LogP contribution is -2.25. The Hall–Kier alpha value is -2.80. The molecule has 7 heteroatoms. The van der Waals surface area contributed by atoms with Crippen molar-refractivity contribution in [2.45, 2.75) is 6.42 Å². The second-order valence-electron chi connectivity index (χ2n) is 5.23. The number of benzene rings is 1. The SMILES string of the molecule is COCCCNC(=O)c1ccnc(Nc2ccc3c(c2)OCO3)c1. The van der Waals surface area contributed by atoms with Crippen molar-refractivity contribution in [2.75, 3.05) is 32.4 Å². The number of fused-ring (bicyclic) bond motifs is 1. The predicted octanol–water partition coefficient (Wildman–Crippen LogP) is 2.32. The first-order chi connectivity index (χ1) is 11.8. The van der Waals surface area contributed by atoms with Gasteiger partial charge >= 0.3 is 0 Å². The molecule has 1 amide bonds. The fraction of sp³-hybridized carbons (Fsp3) is 0.294. The van der Waals surface area contributed by atoms with Gasteiger partial charge in [0.1, 0.15) is 5.82 Å². The largest absolute Gasteiger partial charge is 0.454 e. The molecule has 0 radical (unpaired) electrons. The lowest BCUT2D eigenvalue weighted by molar-refractivity contribution is 0.0948. The molecule has 1 aliphatic heterocycles. The lowest BCUT2D eigenvalue weighted by atomic mass is 10.2. The van der Waals surface area contributed by atoms with E-state index in [1.807, 2.05) is 18.2 Å². The van der Waals surface area contributed by atoms with Crippen LogP contribution < -0.4 is 20.1 Å². The van der Waals surface area contributed by atoms with Crippen molar-refractivity contribution in [3.63, 3.8) is 0 Å². The molecule has 126 valence electrons. The average Bonchev–Trinajstić information content (AvgIpc) is 3.06. The molecule has 0 atom stereocenters. The van der Waals surface area contributed by atoms with Crippen LogP contribution in [-0.4, -0.2) is 37.9 Å². The van der Waals surface area contributed by atoms with E-state index in [4.69, 9.17) is 14.2 Å². The first-order valence-corrected chi connectivity index (χ1v) is 7.66. The van der Waals surface area contributed by atoms with Gasteiger partial charge in [0.15, 0.2) is 11.5 Å². The molecular formula is C17H19N3O4. The molecule has 0 unspecified atom stereocenters. The quantitative estimate of drug-likeness (QED) is 0.759. The van der Waals surface area contributed by atoms with Crippen LogP contribution in [0.15, 0.2) is 36.5 Å². The van der Waals surface area contributed by atoms with Crippen LogP contribution in [-0.2, 0) is 4.74 Å². The predicted molar refractivity (Wildman–Crippen MR) is 88.9 cm³/mol. The van der Waals surface area contributed by atoms with Gasteiger partial charge in [-0.2, -0.15) is 0 Å². The molecule has 0 fully saturated rings. The van der Waals surface area contributed by atoms with Crippen LogP contribution >= 0.6 is 0 Å². The van der Waals surface area contributed by atoms with Crippen molar-refractivity contribution in [3.8, 4) is 11.5 Å². The molecule has 1 aromatic carbocycles. The van der Waals surface area contributed by atoms with Gasteiger partial charge in [-0.25, -0.2) is 4.98 Å². The van der Waals surface area contributed by atoms with Gasteiger partial charge in [0, 0.05) is 43.8 Å². The number of amides is 1. The number of methoxy groups -OCH3 is 1. The van der Waals surface area contributed by atoms with Gasteiger partial charge in [0.05, 0.1) is 0 Å². The second kappa shape index (κ2) is 7.65. The molecule has 0 spiro atoms. The Balaban J connectivity index is 1.63. The molecule has 2 heterocycles. The maximum absolute atomic E-state index is 12.1. The van der Waals surface area contributed by atoms with E-state index in [1.54, 1.807) is 25.4 Å². The van der Waals surface area contributed by atoms with E-state index < -0.39 is 0 Å². The molecule has 0 aliphatic carbocycles. The van der Waals surface area contributed by atoms with Gasteiger partial charge in [0.2, 0.25) is 6.79 Å². The number of carbonyl (C=O) groups excluding carboxylic acids is 1. The fourth-order valence-corrected chi connectivity index (χ4v) is 2.28. The highest BCUT2D eigenvalue weighted by Gasteiger charge is 2.13.